The molecule has 1 aromatic rings. The molecule has 0 atom stereocenters. The van der Waals surface area contributed by atoms with Gasteiger partial charge in [-0.3, -0.25) is 0 Å². The fourth-order valence-electron chi connectivity index (χ4n) is 0.333. The van der Waals surface area contributed by atoms with Gasteiger partial charge in [-0.15, -0.1) is 0 Å². The molecule has 0 saturated carbocycles. The van der Waals surface area contributed by atoms with Crippen LogP contribution in [-0.4, -0.2) is 0 Å². The van der Waals surface area contributed by atoms with Crippen LogP contribution in [0.3, 0.4) is 0 Å². The molecule has 0 aliphatic carbocycles. The summed E-state index contributed by atoms with van der Waals surface area (Å²) in [5.74, 6) is 0. The first-order valence-corrected chi connectivity index (χ1v) is 1.88. The Hall–Kier alpha value is -0.201. The van der Waals surface area contributed by atoms with Crippen LogP contribution >= 0.6 is 0 Å². The predicted octanol–water partition coefficient (Wildman–Crippen LogP) is 1.59. The Morgan fingerprint density at radius 3 is 2.43 bits per heavy atom. The third-order valence-corrected chi connectivity index (χ3v) is 0.663. The van der Waals surface area contributed by atoms with Crippen LogP contribution < -0.4 is 0 Å². The average Bonchev–Trinajstić information content (AvgIpc) is 1.86. The third kappa shape index (κ3) is 1.81. The number of hydrogen-bond donors (Lipinski definition) is 0. The van der Waals surface area contributed by atoms with E-state index in [4.69, 9.17) is 4.42 Å². The first-order chi connectivity index (χ1) is 2.89. The van der Waals surface area contributed by atoms with Gasteiger partial charge < -0.3 is 4.42 Å². The molecule has 0 N–H and O–H groups in total. The summed E-state index contributed by atoms with van der Waals surface area (Å²) in [5.41, 5.74) is 1.18. The molecule has 0 bridgehead atoms. The molecule has 0 amide bonds. The van der Waals surface area contributed by atoms with Gasteiger partial charge in [-0.25, -0.2) is 0 Å². The van der Waals surface area contributed by atoms with Crippen molar-refractivity contribution in [2.45, 2.75) is 6.92 Å². The van der Waals surface area contributed by atoms with Crippen molar-refractivity contribution in [2.24, 2.45) is 0 Å². The molecule has 2 heteroatoms. The van der Waals surface area contributed by atoms with Crippen LogP contribution in [0.25, 0.3) is 0 Å². The third-order valence-electron chi connectivity index (χ3n) is 0.663. The predicted molar refractivity (Wildman–Crippen MR) is 23.4 cm³/mol. The van der Waals surface area contributed by atoms with Crippen LogP contribution in [0.15, 0.2) is 23.0 Å². The Morgan fingerprint density at radius 2 is 2.29 bits per heavy atom. The molecule has 1 heterocycles. The van der Waals surface area contributed by atoms with E-state index in [1.165, 1.54) is 5.56 Å². The van der Waals surface area contributed by atoms with Crippen molar-refractivity contribution in [3.05, 3.63) is 24.2 Å². The maximum absolute atomic E-state index is 4.71. The second-order valence-corrected chi connectivity index (χ2v) is 1.30. The van der Waals surface area contributed by atoms with Gasteiger partial charge in [0.1, 0.15) is 0 Å². The van der Waals surface area contributed by atoms with Crippen LogP contribution in [0.5, 0.6) is 0 Å². The van der Waals surface area contributed by atoms with Gasteiger partial charge in [-0.1, -0.05) is 0 Å². The standard InChI is InChI=1S/C5H6O.Cu/c1-5-2-3-6-4-5;/h2-4H,1H3;. The Morgan fingerprint density at radius 1 is 1.57 bits per heavy atom. The van der Waals surface area contributed by atoms with Crippen molar-refractivity contribution >= 4 is 0 Å². The second-order valence-electron chi connectivity index (χ2n) is 1.30. The Kier molecular flexibility index (Phi) is 2.81. The Labute approximate surface area is 53.2 Å². The van der Waals surface area contributed by atoms with Crippen molar-refractivity contribution < 1.29 is 21.5 Å². The van der Waals surface area contributed by atoms with Gasteiger partial charge in [0.15, 0.2) is 0 Å². The van der Waals surface area contributed by atoms with Crippen molar-refractivity contribution in [3.63, 3.8) is 0 Å². The van der Waals surface area contributed by atoms with Crippen LogP contribution in [0.4, 0.5) is 0 Å². The van der Waals surface area contributed by atoms with Gasteiger partial charge >= 0.3 is 0 Å². The molecule has 0 saturated heterocycles. The van der Waals surface area contributed by atoms with Crippen molar-refractivity contribution in [2.75, 3.05) is 0 Å². The Balaban J connectivity index is 0.000000360. The summed E-state index contributed by atoms with van der Waals surface area (Å²) in [5, 5.41) is 0. The average molecular weight is 146 g/mol. The van der Waals surface area contributed by atoms with Crippen molar-refractivity contribution in [1.29, 1.82) is 0 Å². The summed E-state index contributed by atoms with van der Waals surface area (Å²) in [4.78, 5) is 0. The molecule has 0 spiro atoms. The molecule has 7 heavy (non-hydrogen) atoms. The molecule has 1 nitrogen and oxygen atoms in total. The molecular formula is C5H6CuO. The van der Waals surface area contributed by atoms with Crippen molar-refractivity contribution in [3.8, 4) is 0 Å². The maximum atomic E-state index is 4.71. The van der Waals surface area contributed by atoms with Crippen LogP contribution in [-0.2, 0) is 17.1 Å². The normalized spacial score (nSPS) is 7.57. The van der Waals surface area contributed by atoms with Gasteiger partial charge in [-0.05, 0) is 18.6 Å². The van der Waals surface area contributed by atoms with E-state index in [2.05, 4.69) is 0 Å². The summed E-state index contributed by atoms with van der Waals surface area (Å²) in [6.45, 7) is 1.99. The number of aryl methyl sites for hydroxylation is 1. The minimum Gasteiger partial charge on any atom is -0.472 e. The van der Waals surface area contributed by atoms with Crippen LogP contribution in [0.1, 0.15) is 5.56 Å². The largest absolute Gasteiger partial charge is 0.472 e. The molecule has 1 radical (unpaired) electrons. The minimum absolute atomic E-state index is 0. The summed E-state index contributed by atoms with van der Waals surface area (Å²) >= 11 is 0. The summed E-state index contributed by atoms with van der Waals surface area (Å²) in [7, 11) is 0. The van der Waals surface area contributed by atoms with E-state index < -0.39 is 0 Å². The fraction of sp³-hybridized carbons (Fsp3) is 0.200. The quantitative estimate of drug-likeness (QED) is 0.506. The molecule has 0 aliphatic rings. The van der Waals surface area contributed by atoms with E-state index >= 15 is 0 Å². The monoisotopic (exact) mass is 145 g/mol. The number of hydrogen-bond acceptors (Lipinski definition) is 1. The Bertz CT molecular complexity index is 112. The first-order valence-electron chi connectivity index (χ1n) is 1.88. The number of rotatable bonds is 0. The van der Waals surface area contributed by atoms with Crippen LogP contribution in [0, 0.1) is 6.92 Å². The van der Waals surface area contributed by atoms with E-state index in [1.807, 2.05) is 13.0 Å². The van der Waals surface area contributed by atoms with E-state index in [0.29, 0.717) is 0 Å². The number of furan rings is 1. The smallest absolute Gasteiger partial charge is 0.0931 e. The van der Waals surface area contributed by atoms with Gasteiger partial charge in [0.05, 0.1) is 12.5 Å². The molecule has 0 aliphatic heterocycles. The fourth-order valence-corrected chi connectivity index (χ4v) is 0.333. The second kappa shape index (κ2) is 2.89. The summed E-state index contributed by atoms with van der Waals surface area (Å²) in [6, 6.07) is 1.92. The zero-order valence-electron chi connectivity index (χ0n) is 3.94. The summed E-state index contributed by atoms with van der Waals surface area (Å²) in [6.07, 6.45) is 3.37. The van der Waals surface area contributed by atoms with E-state index in [0.717, 1.165) is 0 Å². The molecule has 1 aromatic heterocycles. The molecule has 0 aromatic carbocycles. The van der Waals surface area contributed by atoms with Gasteiger partial charge in [0.25, 0.3) is 0 Å². The van der Waals surface area contributed by atoms with Crippen molar-refractivity contribution in [1.82, 2.24) is 0 Å². The van der Waals surface area contributed by atoms with E-state index in [9.17, 15) is 0 Å². The first kappa shape index (κ1) is 6.80. The topological polar surface area (TPSA) is 13.1 Å². The molecule has 1 rings (SSSR count). The van der Waals surface area contributed by atoms with E-state index in [1.54, 1.807) is 12.5 Å². The molecular weight excluding hydrogens is 140 g/mol. The zero-order chi connectivity index (χ0) is 4.41. The van der Waals surface area contributed by atoms with Gasteiger partial charge in [0.2, 0.25) is 0 Å². The molecule has 0 fully saturated rings. The molecule has 43 valence electrons. The SMILES string of the molecule is Cc1ccoc1.[Cu]. The van der Waals surface area contributed by atoms with Gasteiger partial charge in [0, 0.05) is 17.1 Å². The van der Waals surface area contributed by atoms with Gasteiger partial charge in [-0.2, -0.15) is 0 Å². The molecule has 0 unspecified atom stereocenters. The minimum atomic E-state index is 0. The van der Waals surface area contributed by atoms with Crippen LogP contribution in [0.2, 0.25) is 0 Å². The zero-order valence-corrected chi connectivity index (χ0v) is 4.88. The summed E-state index contributed by atoms with van der Waals surface area (Å²) < 4.78 is 4.71. The maximum Gasteiger partial charge on any atom is 0.0931 e. The van der Waals surface area contributed by atoms with E-state index in [-0.39, 0.29) is 17.1 Å².